The van der Waals surface area contributed by atoms with Crippen LogP contribution in [0.25, 0.3) is 0 Å². The molecule has 2 aromatic rings. The summed E-state index contributed by atoms with van der Waals surface area (Å²) in [6.07, 6.45) is -3.57. The lowest BCUT2D eigenvalue weighted by Crippen LogP contribution is -2.33. The summed E-state index contributed by atoms with van der Waals surface area (Å²) in [4.78, 5) is 12.8. The van der Waals surface area contributed by atoms with Crippen LogP contribution in [0.1, 0.15) is 24.5 Å². The Labute approximate surface area is 133 Å². The molecule has 1 aromatic heterocycles. The number of aromatic nitrogens is 1. The van der Waals surface area contributed by atoms with Gasteiger partial charge < -0.3 is 14.2 Å². The average molecular weight is 346 g/mol. The first-order valence-corrected chi connectivity index (χ1v) is 7.30. The van der Waals surface area contributed by atoms with E-state index < -0.39 is 17.9 Å². The van der Waals surface area contributed by atoms with Gasteiger partial charge in [-0.2, -0.15) is 5.16 Å². The highest BCUT2D eigenvalue weighted by Gasteiger charge is 2.32. The van der Waals surface area contributed by atoms with Crippen LogP contribution in [0.4, 0.5) is 23.2 Å². The molecule has 1 N–H and O–H groups in total. The molecule has 0 unspecified atom stereocenters. The van der Waals surface area contributed by atoms with E-state index in [1.807, 2.05) is 0 Å². The Kier molecular flexibility index (Phi) is 4.25. The third kappa shape index (κ3) is 3.72. The predicted octanol–water partition coefficient (Wildman–Crippen LogP) is 3.39. The molecule has 0 bridgehead atoms. The van der Waals surface area contributed by atoms with Gasteiger partial charge in [-0.05, 0) is 25.0 Å². The molecule has 0 amide bonds. The second kappa shape index (κ2) is 6.21. The smallest absolute Gasteiger partial charge is 0.406 e. The molecule has 5 nitrogen and oxygen atoms in total. The number of ether oxygens (including phenoxy) is 1. The van der Waals surface area contributed by atoms with Crippen LogP contribution in [0.15, 0.2) is 33.6 Å². The van der Waals surface area contributed by atoms with E-state index in [0.717, 1.165) is 12.1 Å². The van der Waals surface area contributed by atoms with Crippen LogP contribution in [0.3, 0.4) is 0 Å². The number of nitrogens with one attached hydrogen (secondary N) is 1. The van der Waals surface area contributed by atoms with E-state index in [-0.39, 0.29) is 17.2 Å². The van der Waals surface area contributed by atoms with E-state index in [9.17, 15) is 22.4 Å². The topological polar surface area (TPSA) is 58.5 Å². The van der Waals surface area contributed by atoms with Crippen LogP contribution in [-0.2, 0) is 0 Å². The van der Waals surface area contributed by atoms with Gasteiger partial charge in [-0.3, -0.25) is 4.79 Å². The molecule has 1 aromatic carbocycles. The molecule has 9 heteroatoms. The fourth-order valence-corrected chi connectivity index (χ4v) is 2.84. The lowest BCUT2D eigenvalue weighted by atomic mass is 9.94. The number of alkyl halides is 3. The van der Waals surface area contributed by atoms with Gasteiger partial charge in [-0.25, -0.2) is 4.39 Å². The Balaban J connectivity index is 1.67. The van der Waals surface area contributed by atoms with Crippen molar-refractivity contribution in [1.29, 1.82) is 0 Å². The first-order valence-electron chi connectivity index (χ1n) is 7.30. The number of hydrogen-bond acceptors (Lipinski definition) is 4. The molecule has 0 saturated carbocycles. The van der Waals surface area contributed by atoms with Gasteiger partial charge in [-0.1, -0.05) is 0 Å². The Morgan fingerprint density at radius 1 is 1.21 bits per heavy atom. The van der Waals surface area contributed by atoms with E-state index in [2.05, 4.69) is 9.89 Å². The molecular weight excluding hydrogens is 332 g/mol. The quantitative estimate of drug-likeness (QED) is 0.866. The molecule has 0 atom stereocenters. The number of H-pyrrole nitrogens is 1. The standard InChI is InChI=1S/C15H14F4N2O3/c16-11-7-10(23-15(17,18)19)1-2-12(11)21-5-3-9(4-6-21)13-8-14(22)20-24-13/h1-2,7-9H,3-6H2,(H,20,22). The third-order valence-electron chi connectivity index (χ3n) is 3.93. The van der Waals surface area contributed by atoms with Crippen molar-refractivity contribution in [3.63, 3.8) is 0 Å². The lowest BCUT2D eigenvalue weighted by Gasteiger charge is -2.32. The first kappa shape index (κ1) is 16.4. The van der Waals surface area contributed by atoms with Crippen molar-refractivity contribution in [2.75, 3.05) is 18.0 Å². The summed E-state index contributed by atoms with van der Waals surface area (Å²) in [6.45, 7) is 0.992. The molecule has 1 aliphatic rings. The minimum absolute atomic E-state index is 0.0519. The summed E-state index contributed by atoms with van der Waals surface area (Å²) in [5.74, 6) is -0.749. The maximum absolute atomic E-state index is 14.1. The maximum atomic E-state index is 14.1. The largest absolute Gasteiger partial charge is 0.573 e. The Morgan fingerprint density at radius 3 is 2.46 bits per heavy atom. The summed E-state index contributed by atoms with van der Waals surface area (Å²) in [5.41, 5.74) is -0.0859. The van der Waals surface area contributed by atoms with E-state index in [4.69, 9.17) is 4.52 Å². The first-order chi connectivity index (χ1) is 11.3. The summed E-state index contributed by atoms with van der Waals surface area (Å²) in [5, 5.41) is 2.23. The van der Waals surface area contributed by atoms with Gasteiger partial charge in [-0.15, -0.1) is 13.2 Å². The van der Waals surface area contributed by atoms with Gasteiger partial charge >= 0.3 is 6.36 Å². The van der Waals surface area contributed by atoms with Crippen molar-refractivity contribution >= 4 is 5.69 Å². The highest BCUT2D eigenvalue weighted by Crippen LogP contribution is 2.33. The number of halogens is 4. The van der Waals surface area contributed by atoms with Gasteiger partial charge in [0, 0.05) is 31.1 Å². The second-order valence-corrected chi connectivity index (χ2v) is 5.54. The zero-order valence-electron chi connectivity index (χ0n) is 12.4. The summed E-state index contributed by atoms with van der Waals surface area (Å²) in [6, 6.07) is 4.47. The zero-order chi connectivity index (χ0) is 17.3. The SMILES string of the molecule is O=c1cc(C2CCN(c3ccc(OC(F)(F)F)cc3F)CC2)o[nH]1. The number of rotatable bonds is 3. The third-order valence-corrected chi connectivity index (χ3v) is 3.93. The number of nitrogens with zero attached hydrogens (tertiary/aromatic N) is 1. The van der Waals surface area contributed by atoms with Gasteiger partial charge in [0.15, 0.2) is 0 Å². The summed E-state index contributed by atoms with van der Waals surface area (Å²) >= 11 is 0. The van der Waals surface area contributed by atoms with Gasteiger partial charge in [0.2, 0.25) is 0 Å². The van der Waals surface area contributed by atoms with Crippen molar-refractivity contribution in [3.8, 4) is 5.75 Å². The van der Waals surface area contributed by atoms with Crippen LogP contribution >= 0.6 is 0 Å². The Hall–Kier alpha value is -2.45. The minimum Gasteiger partial charge on any atom is -0.406 e. The second-order valence-electron chi connectivity index (χ2n) is 5.54. The van der Waals surface area contributed by atoms with Crippen molar-refractivity contribution < 1.29 is 26.8 Å². The molecule has 3 rings (SSSR count). The average Bonchev–Trinajstić information content (AvgIpc) is 2.93. The number of aromatic amines is 1. The molecule has 1 aliphatic heterocycles. The van der Waals surface area contributed by atoms with Crippen molar-refractivity contribution in [1.82, 2.24) is 5.16 Å². The van der Waals surface area contributed by atoms with Crippen LogP contribution in [0, 0.1) is 5.82 Å². The van der Waals surface area contributed by atoms with Crippen LogP contribution in [-0.4, -0.2) is 24.6 Å². The Bertz CT molecular complexity index is 761. The van der Waals surface area contributed by atoms with E-state index in [1.54, 1.807) is 4.90 Å². The monoisotopic (exact) mass is 346 g/mol. The van der Waals surface area contributed by atoms with Gasteiger partial charge in [0.05, 0.1) is 5.69 Å². The number of anilines is 1. The van der Waals surface area contributed by atoms with Gasteiger partial charge in [0.1, 0.15) is 17.3 Å². The molecule has 1 saturated heterocycles. The van der Waals surface area contributed by atoms with Crippen LogP contribution in [0.2, 0.25) is 0 Å². The van der Waals surface area contributed by atoms with E-state index >= 15 is 0 Å². The number of piperidine rings is 1. The molecule has 1 fully saturated rings. The molecule has 2 heterocycles. The molecule has 0 aliphatic carbocycles. The maximum Gasteiger partial charge on any atom is 0.573 e. The minimum atomic E-state index is -4.85. The van der Waals surface area contributed by atoms with Crippen molar-refractivity contribution in [2.45, 2.75) is 25.1 Å². The lowest BCUT2D eigenvalue weighted by molar-refractivity contribution is -0.274. The Morgan fingerprint density at radius 2 is 1.92 bits per heavy atom. The summed E-state index contributed by atoms with van der Waals surface area (Å²) in [7, 11) is 0. The van der Waals surface area contributed by atoms with Crippen LogP contribution < -0.4 is 15.2 Å². The normalized spacial score (nSPS) is 16.4. The van der Waals surface area contributed by atoms with Gasteiger partial charge in [0.25, 0.3) is 5.56 Å². The highest BCUT2D eigenvalue weighted by molar-refractivity contribution is 5.51. The fourth-order valence-electron chi connectivity index (χ4n) is 2.84. The highest BCUT2D eigenvalue weighted by atomic mass is 19.4. The molecule has 130 valence electrons. The molecule has 24 heavy (non-hydrogen) atoms. The predicted molar refractivity (Wildman–Crippen MR) is 76.6 cm³/mol. The molecule has 0 spiro atoms. The van der Waals surface area contributed by atoms with Crippen molar-refractivity contribution in [3.05, 3.63) is 46.2 Å². The number of hydrogen-bond donors (Lipinski definition) is 1. The van der Waals surface area contributed by atoms with Crippen LogP contribution in [0.5, 0.6) is 5.75 Å². The molecule has 0 radical (unpaired) electrons. The number of benzene rings is 1. The summed E-state index contributed by atoms with van der Waals surface area (Å²) < 4.78 is 59.3. The zero-order valence-corrected chi connectivity index (χ0v) is 12.4. The van der Waals surface area contributed by atoms with E-state index in [1.165, 1.54) is 12.1 Å². The fraction of sp³-hybridized carbons (Fsp3) is 0.400. The molecular formula is C15H14F4N2O3. The van der Waals surface area contributed by atoms with E-state index in [0.29, 0.717) is 31.7 Å². The van der Waals surface area contributed by atoms with Crippen molar-refractivity contribution in [2.24, 2.45) is 0 Å².